The van der Waals surface area contributed by atoms with E-state index in [1.54, 1.807) is 36.6 Å². The van der Waals surface area contributed by atoms with Gasteiger partial charge in [0, 0.05) is 32.2 Å². The van der Waals surface area contributed by atoms with E-state index < -0.39 is 10.0 Å². The molecular weight excluding hydrogens is 382 g/mol. The first-order valence-electron chi connectivity index (χ1n) is 7.84. The number of nitrogens with zero attached hydrogens (tertiary/aromatic N) is 1. The number of methoxy groups -OCH3 is 1. The number of nitrogens with one attached hydrogen (secondary N) is 2. The highest BCUT2D eigenvalue weighted by molar-refractivity contribution is 7.89. The lowest BCUT2D eigenvalue weighted by molar-refractivity contribution is 0.199. The van der Waals surface area contributed by atoms with Crippen molar-refractivity contribution in [3.63, 3.8) is 0 Å². The van der Waals surface area contributed by atoms with E-state index in [4.69, 9.17) is 4.74 Å². The molecule has 0 bridgehead atoms. The van der Waals surface area contributed by atoms with Crippen LogP contribution in [0.3, 0.4) is 0 Å². The maximum absolute atomic E-state index is 12.4. The Hall–Kier alpha value is -0.770. The first-order chi connectivity index (χ1) is 11.2. The van der Waals surface area contributed by atoms with Crippen molar-refractivity contribution < 1.29 is 13.2 Å². The Morgan fingerprint density at radius 2 is 1.92 bits per heavy atom. The molecule has 6 nitrogen and oxygen atoms in total. The van der Waals surface area contributed by atoms with Crippen molar-refractivity contribution in [2.45, 2.75) is 31.1 Å². The van der Waals surface area contributed by atoms with E-state index in [9.17, 15) is 8.42 Å². The summed E-state index contributed by atoms with van der Waals surface area (Å²) in [5, 5.41) is 4.10. The minimum absolute atomic E-state index is 0. The molecule has 0 saturated carbocycles. The molecule has 0 aliphatic rings. The molecule has 2 N–H and O–H groups in total. The van der Waals surface area contributed by atoms with Crippen LogP contribution >= 0.6 is 23.7 Å². The number of aromatic nitrogens is 1. The van der Waals surface area contributed by atoms with Crippen LogP contribution in [-0.2, 0) is 20.2 Å². The number of benzene rings is 1. The molecular formula is C16H26ClN3O3S2. The van der Waals surface area contributed by atoms with Gasteiger partial charge < -0.3 is 10.1 Å². The van der Waals surface area contributed by atoms with Crippen LogP contribution in [0.5, 0.6) is 0 Å². The number of rotatable bonds is 8. The Kier molecular flexibility index (Phi) is 8.24. The van der Waals surface area contributed by atoms with E-state index in [2.05, 4.69) is 35.8 Å². The molecule has 142 valence electrons. The summed E-state index contributed by atoms with van der Waals surface area (Å²) in [5.74, 6) is 0. The molecule has 0 fully saturated rings. The zero-order chi connectivity index (χ0) is 17.8. The van der Waals surface area contributed by atoms with Crippen molar-refractivity contribution in [3.8, 4) is 0 Å². The molecule has 2 aromatic rings. The Bertz CT molecular complexity index is 786. The van der Waals surface area contributed by atoms with Gasteiger partial charge in [0.2, 0.25) is 10.0 Å². The largest absolute Gasteiger partial charge is 0.383 e. The van der Waals surface area contributed by atoms with E-state index >= 15 is 0 Å². The van der Waals surface area contributed by atoms with Gasteiger partial charge in [-0.05, 0) is 18.2 Å². The molecule has 0 aliphatic carbocycles. The van der Waals surface area contributed by atoms with Crippen molar-refractivity contribution in [1.82, 2.24) is 15.0 Å². The number of hydrogen-bond donors (Lipinski definition) is 2. The maximum atomic E-state index is 12.4. The van der Waals surface area contributed by atoms with Gasteiger partial charge in [-0.3, -0.25) is 0 Å². The lowest BCUT2D eigenvalue weighted by Gasteiger charge is -2.13. The van der Waals surface area contributed by atoms with Crippen LogP contribution in [0.2, 0.25) is 0 Å². The predicted octanol–water partition coefficient (Wildman–Crippen LogP) is 2.53. The molecule has 1 aromatic carbocycles. The number of halogens is 1. The van der Waals surface area contributed by atoms with Crippen LogP contribution < -0.4 is 10.0 Å². The highest BCUT2D eigenvalue weighted by Crippen LogP contribution is 2.32. The van der Waals surface area contributed by atoms with Gasteiger partial charge in [0.15, 0.2) is 0 Å². The summed E-state index contributed by atoms with van der Waals surface area (Å²) in [4.78, 5) is 4.87. The van der Waals surface area contributed by atoms with Gasteiger partial charge in [-0.2, -0.15) is 0 Å². The van der Waals surface area contributed by atoms with Crippen LogP contribution in [0.4, 0.5) is 0 Å². The van der Waals surface area contributed by atoms with E-state index in [0.717, 1.165) is 15.2 Å². The van der Waals surface area contributed by atoms with Crippen LogP contribution in [-0.4, -0.2) is 46.8 Å². The summed E-state index contributed by atoms with van der Waals surface area (Å²) in [7, 11) is -1.88. The SMILES string of the molecule is COCCNCCNS(=O)(=O)c1ccc2nc(C(C)(C)C)sc2c1.Cl. The Labute approximate surface area is 159 Å². The normalized spacial score (nSPS) is 12.3. The smallest absolute Gasteiger partial charge is 0.240 e. The topological polar surface area (TPSA) is 80.3 Å². The molecule has 2 rings (SSSR count). The number of hydrogen-bond acceptors (Lipinski definition) is 6. The second kappa shape index (κ2) is 9.25. The van der Waals surface area contributed by atoms with Crippen molar-refractivity contribution in [2.24, 2.45) is 0 Å². The third kappa shape index (κ3) is 6.16. The van der Waals surface area contributed by atoms with Crippen LogP contribution in [0, 0.1) is 0 Å². The molecule has 0 spiro atoms. The van der Waals surface area contributed by atoms with E-state index in [-0.39, 0.29) is 22.7 Å². The number of ether oxygens (including phenoxy) is 1. The molecule has 1 heterocycles. The van der Waals surface area contributed by atoms with E-state index in [1.165, 1.54) is 0 Å². The van der Waals surface area contributed by atoms with Gasteiger partial charge in [-0.1, -0.05) is 20.8 Å². The molecule has 0 atom stereocenters. The molecule has 9 heteroatoms. The summed E-state index contributed by atoms with van der Waals surface area (Å²) in [6, 6.07) is 5.07. The maximum Gasteiger partial charge on any atom is 0.240 e. The molecule has 0 amide bonds. The Balaban J connectivity index is 0.00000312. The molecule has 0 radical (unpaired) electrons. The van der Waals surface area contributed by atoms with Crippen LogP contribution in [0.15, 0.2) is 23.1 Å². The fourth-order valence-electron chi connectivity index (χ4n) is 2.05. The summed E-state index contributed by atoms with van der Waals surface area (Å²) >= 11 is 1.54. The molecule has 1 aromatic heterocycles. The summed E-state index contributed by atoms with van der Waals surface area (Å²) in [5.41, 5.74) is 0.791. The monoisotopic (exact) mass is 407 g/mol. The van der Waals surface area contributed by atoms with Gasteiger partial charge >= 0.3 is 0 Å². The second-order valence-corrected chi connectivity index (χ2v) is 9.34. The second-order valence-electron chi connectivity index (χ2n) is 6.54. The third-order valence-electron chi connectivity index (χ3n) is 3.39. The van der Waals surface area contributed by atoms with E-state index in [1.807, 2.05) is 0 Å². The van der Waals surface area contributed by atoms with Crippen molar-refractivity contribution in [3.05, 3.63) is 23.2 Å². The molecule has 25 heavy (non-hydrogen) atoms. The van der Waals surface area contributed by atoms with Gasteiger partial charge in [0.05, 0.1) is 26.7 Å². The number of thiazole rings is 1. The fourth-order valence-corrected chi connectivity index (χ4v) is 4.24. The molecule has 0 saturated heterocycles. The highest BCUT2D eigenvalue weighted by atomic mass is 35.5. The lowest BCUT2D eigenvalue weighted by atomic mass is 9.98. The van der Waals surface area contributed by atoms with Gasteiger partial charge in [0.25, 0.3) is 0 Å². The molecule has 0 aliphatic heterocycles. The van der Waals surface area contributed by atoms with Crippen molar-refractivity contribution in [1.29, 1.82) is 0 Å². The van der Waals surface area contributed by atoms with E-state index in [0.29, 0.717) is 26.2 Å². The highest BCUT2D eigenvalue weighted by Gasteiger charge is 2.20. The Morgan fingerprint density at radius 1 is 1.20 bits per heavy atom. The average Bonchev–Trinajstić information content (AvgIpc) is 2.94. The van der Waals surface area contributed by atoms with Gasteiger partial charge in [0.1, 0.15) is 0 Å². The van der Waals surface area contributed by atoms with Gasteiger partial charge in [-0.15, -0.1) is 23.7 Å². The average molecular weight is 408 g/mol. The quantitative estimate of drug-likeness (QED) is 0.657. The minimum atomic E-state index is -3.51. The standard InChI is InChI=1S/C16H25N3O3S2.ClH/c1-16(2,3)15-19-13-6-5-12(11-14(13)23-15)24(20,21)18-8-7-17-9-10-22-4;/h5-6,11,17-18H,7-10H2,1-4H3;1H. The van der Waals surface area contributed by atoms with Crippen molar-refractivity contribution >= 4 is 44.0 Å². The minimum Gasteiger partial charge on any atom is -0.383 e. The lowest BCUT2D eigenvalue weighted by Crippen LogP contribution is -2.33. The summed E-state index contributed by atoms with van der Waals surface area (Å²) in [6.45, 7) is 8.48. The predicted molar refractivity (Wildman–Crippen MR) is 106 cm³/mol. The summed E-state index contributed by atoms with van der Waals surface area (Å²) in [6.07, 6.45) is 0. The zero-order valence-electron chi connectivity index (χ0n) is 15.0. The van der Waals surface area contributed by atoms with Crippen LogP contribution in [0.25, 0.3) is 10.2 Å². The zero-order valence-corrected chi connectivity index (χ0v) is 17.4. The number of sulfonamides is 1. The summed E-state index contributed by atoms with van der Waals surface area (Å²) < 4.78 is 33.2. The molecule has 0 unspecified atom stereocenters. The van der Waals surface area contributed by atoms with Crippen molar-refractivity contribution in [2.75, 3.05) is 33.4 Å². The van der Waals surface area contributed by atoms with Gasteiger partial charge in [-0.25, -0.2) is 18.1 Å². The van der Waals surface area contributed by atoms with Crippen LogP contribution in [0.1, 0.15) is 25.8 Å². The first kappa shape index (κ1) is 22.3. The Morgan fingerprint density at radius 3 is 2.56 bits per heavy atom. The number of fused-ring (bicyclic) bond motifs is 1. The first-order valence-corrected chi connectivity index (χ1v) is 10.1. The fraction of sp³-hybridized carbons (Fsp3) is 0.562. The third-order valence-corrected chi connectivity index (χ3v) is 6.29.